The molecule has 9 nitrogen and oxygen atoms in total. The molecule has 1 aliphatic heterocycles. The van der Waals surface area contributed by atoms with E-state index in [-0.39, 0.29) is 0 Å². The van der Waals surface area contributed by atoms with Crippen LogP contribution in [0.5, 0.6) is 17.2 Å². The van der Waals surface area contributed by atoms with Crippen LogP contribution in [0.4, 0.5) is 5.69 Å². The third-order valence-electron chi connectivity index (χ3n) is 5.85. The molecule has 1 fully saturated rings. The summed E-state index contributed by atoms with van der Waals surface area (Å²) >= 11 is 0. The summed E-state index contributed by atoms with van der Waals surface area (Å²) in [5.74, 6) is 1.84. The Bertz CT molecular complexity index is 1240. The highest BCUT2D eigenvalue weighted by Crippen LogP contribution is 2.42. The van der Waals surface area contributed by atoms with Gasteiger partial charge in [-0.15, -0.1) is 0 Å². The first kappa shape index (κ1) is 27.3. The monoisotopic (exact) mass is 515 g/mol. The van der Waals surface area contributed by atoms with Crippen LogP contribution in [0, 0.1) is 6.92 Å². The van der Waals surface area contributed by atoms with E-state index >= 15 is 0 Å². The van der Waals surface area contributed by atoms with Crippen LogP contribution in [-0.2, 0) is 10.1 Å². The van der Waals surface area contributed by atoms with E-state index in [1.807, 2.05) is 24.5 Å². The highest BCUT2D eigenvalue weighted by molar-refractivity contribution is 7.85. The van der Waals surface area contributed by atoms with Crippen molar-refractivity contribution in [2.24, 2.45) is 0 Å². The summed E-state index contributed by atoms with van der Waals surface area (Å²) in [6.07, 6.45) is 4.53. The average molecular weight is 516 g/mol. The largest absolute Gasteiger partial charge is 0.493 e. The second-order valence-corrected chi connectivity index (χ2v) is 9.76. The molecule has 0 bridgehead atoms. The van der Waals surface area contributed by atoms with E-state index in [9.17, 15) is 8.42 Å². The summed E-state index contributed by atoms with van der Waals surface area (Å²) in [6.45, 7) is 6.26. The van der Waals surface area contributed by atoms with Crippen LogP contribution in [0.1, 0.15) is 5.56 Å². The van der Waals surface area contributed by atoms with Crippen molar-refractivity contribution in [1.82, 2.24) is 10.3 Å². The van der Waals surface area contributed by atoms with E-state index in [1.54, 1.807) is 21.3 Å². The Balaban J connectivity index is 0.000000658. The molecule has 1 saturated heterocycles. The topological polar surface area (TPSA) is 110 Å². The van der Waals surface area contributed by atoms with Gasteiger partial charge in [0.2, 0.25) is 5.75 Å². The number of ether oxygens (including phenoxy) is 3. The van der Waals surface area contributed by atoms with Crippen LogP contribution >= 0.6 is 0 Å². The molecule has 2 N–H and O–H groups in total. The third-order valence-corrected chi connectivity index (χ3v) is 5.85. The lowest BCUT2D eigenvalue weighted by Gasteiger charge is -2.29. The molecule has 2 aromatic carbocycles. The molecule has 0 atom stereocenters. The maximum Gasteiger partial charge on any atom is 0.261 e. The number of aromatic nitrogens is 1. The first-order chi connectivity index (χ1) is 17.2. The van der Waals surface area contributed by atoms with Crippen molar-refractivity contribution >= 4 is 15.8 Å². The number of hydrogen-bond donors (Lipinski definition) is 2. The molecule has 194 valence electrons. The predicted molar refractivity (Wildman–Crippen MR) is 142 cm³/mol. The number of hydrogen-bond acceptors (Lipinski definition) is 8. The first-order valence-electron chi connectivity index (χ1n) is 11.4. The fourth-order valence-corrected chi connectivity index (χ4v) is 4.12. The van der Waals surface area contributed by atoms with E-state index in [1.165, 1.54) is 5.69 Å². The fourth-order valence-electron chi connectivity index (χ4n) is 4.12. The molecule has 0 saturated carbocycles. The minimum Gasteiger partial charge on any atom is -0.493 e. The van der Waals surface area contributed by atoms with E-state index in [0.717, 1.165) is 54.0 Å². The van der Waals surface area contributed by atoms with E-state index in [2.05, 4.69) is 46.4 Å². The molecule has 0 aliphatic carbocycles. The van der Waals surface area contributed by atoms with Gasteiger partial charge in [0, 0.05) is 55.4 Å². The number of piperazine rings is 1. The fraction of sp³-hybridized carbons (Fsp3) is 0.346. The number of benzene rings is 2. The van der Waals surface area contributed by atoms with Gasteiger partial charge in [-0.05, 0) is 47.9 Å². The zero-order valence-electron chi connectivity index (χ0n) is 21.2. The summed E-state index contributed by atoms with van der Waals surface area (Å²) in [5, 5.41) is 3.40. The quantitative estimate of drug-likeness (QED) is 0.475. The number of anilines is 1. The molecule has 0 amide bonds. The predicted octanol–water partition coefficient (Wildman–Crippen LogP) is 3.66. The molecule has 0 unspecified atom stereocenters. The van der Waals surface area contributed by atoms with Crippen molar-refractivity contribution < 1.29 is 27.2 Å². The third kappa shape index (κ3) is 6.87. The van der Waals surface area contributed by atoms with Crippen LogP contribution in [0.3, 0.4) is 0 Å². The number of methoxy groups -OCH3 is 3. The van der Waals surface area contributed by atoms with Crippen LogP contribution in [0.15, 0.2) is 48.8 Å². The van der Waals surface area contributed by atoms with Gasteiger partial charge in [0.1, 0.15) is 0 Å². The van der Waals surface area contributed by atoms with Gasteiger partial charge in [-0.1, -0.05) is 12.1 Å². The summed E-state index contributed by atoms with van der Waals surface area (Å²) < 4.78 is 42.4. The smallest absolute Gasteiger partial charge is 0.261 e. The van der Waals surface area contributed by atoms with Gasteiger partial charge >= 0.3 is 0 Å². The van der Waals surface area contributed by atoms with Gasteiger partial charge < -0.3 is 24.4 Å². The van der Waals surface area contributed by atoms with Crippen molar-refractivity contribution in [2.75, 3.05) is 58.7 Å². The molecule has 36 heavy (non-hydrogen) atoms. The second-order valence-electron chi connectivity index (χ2n) is 8.29. The Labute approximate surface area is 212 Å². The standard InChI is InChI=1S/C25H29N3O3.CH4O3S/c1-17-21(18-5-7-20(8-6-18)28-11-9-26-10-12-28)15-27-16-22(17)19-13-23(29-2)25(31-4)24(14-19)30-3;1-5(2,3)4/h5-8,13-16,26H,9-12H2,1-4H3;1H3,(H,2,3,4). The lowest BCUT2D eigenvalue weighted by Crippen LogP contribution is -2.43. The Morgan fingerprint density at radius 1 is 0.889 bits per heavy atom. The molecule has 0 radical (unpaired) electrons. The molecule has 4 rings (SSSR count). The Hall–Kier alpha value is -3.34. The maximum absolute atomic E-state index is 9.19. The SMILES string of the molecule is COc1cc(-c2cncc(-c3ccc(N4CCNCC4)cc3)c2C)cc(OC)c1OC.CS(=O)(=O)O. The van der Waals surface area contributed by atoms with E-state index in [0.29, 0.717) is 23.5 Å². The van der Waals surface area contributed by atoms with Gasteiger partial charge in [0.05, 0.1) is 27.6 Å². The van der Waals surface area contributed by atoms with Gasteiger partial charge in [0.25, 0.3) is 10.1 Å². The summed E-state index contributed by atoms with van der Waals surface area (Å²) in [5.41, 5.74) is 6.67. The second kappa shape index (κ2) is 12.1. The zero-order chi connectivity index (χ0) is 26.3. The highest BCUT2D eigenvalue weighted by atomic mass is 32.2. The molecule has 1 aromatic heterocycles. The van der Waals surface area contributed by atoms with Gasteiger partial charge in [-0.3, -0.25) is 9.54 Å². The molecule has 0 spiro atoms. The van der Waals surface area contributed by atoms with Crippen molar-refractivity contribution in [3.05, 3.63) is 54.4 Å². The molecule has 1 aliphatic rings. The Morgan fingerprint density at radius 2 is 1.39 bits per heavy atom. The molecular formula is C26H33N3O6S. The Kier molecular flexibility index (Phi) is 9.14. The van der Waals surface area contributed by atoms with Crippen molar-refractivity contribution in [3.8, 4) is 39.5 Å². The molecular weight excluding hydrogens is 482 g/mol. The first-order valence-corrected chi connectivity index (χ1v) is 13.2. The van der Waals surface area contributed by atoms with Crippen LogP contribution < -0.4 is 24.4 Å². The van der Waals surface area contributed by atoms with Gasteiger partial charge in [-0.25, -0.2) is 0 Å². The lowest BCUT2D eigenvalue weighted by atomic mass is 9.95. The zero-order valence-corrected chi connectivity index (χ0v) is 22.1. The normalized spacial score (nSPS) is 13.4. The minimum absolute atomic E-state index is 0.582. The maximum atomic E-state index is 9.19. The summed E-state index contributed by atoms with van der Waals surface area (Å²) in [6, 6.07) is 12.7. The minimum atomic E-state index is -3.67. The number of rotatable bonds is 6. The summed E-state index contributed by atoms with van der Waals surface area (Å²) in [7, 11) is 1.20. The van der Waals surface area contributed by atoms with Crippen LogP contribution in [0.25, 0.3) is 22.3 Å². The van der Waals surface area contributed by atoms with Gasteiger partial charge in [0.15, 0.2) is 11.5 Å². The Morgan fingerprint density at radius 3 is 1.86 bits per heavy atom. The number of nitrogens with zero attached hydrogens (tertiary/aromatic N) is 2. The molecule has 2 heterocycles. The average Bonchev–Trinajstić information content (AvgIpc) is 2.87. The van der Waals surface area contributed by atoms with Crippen molar-refractivity contribution in [1.29, 1.82) is 0 Å². The lowest BCUT2D eigenvalue weighted by molar-refractivity contribution is 0.324. The molecule has 3 aromatic rings. The highest BCUT2D eigenvalue weighted by Gasteiger charge is 2.17. The van der Waals surface area contributed by atoms with E-state index < -0.39 is 10.1 Å². The van der Waals surface area contributed by atoms with Crippen LogP contribution in [-0.4, -0.2) is 71.7 Å². The summed E-state index contributed by atoms with van der Waals surface area (Å²) in [4.78, 5) is 6.95. The number of pyridine rings is 1. The van der Waals surface area contributed by atoms with Gasteiger partial charge in [-0.2, -0.15) is 8.42 Å². The van der Waals surface area contributed by atoms with Crippen molar-refractivity contribution in [2.45, 2.75) is 6.92 Å². The van der Waals surface area contributed by atoms with Crippen LogP contribution in [0.2, 0.25) is 0 Å². The van der Waals surface area contributed by atoms with Crippen molar-refractivity contribution in [3.63, 3.8) is 0 Å². The van der Waals surface area contributed by atoms with E-state index in [4.69, 9.17) is 18.8 Å². The molecule has 10 heteroatoms. The number of nitrogens with one attached hydrogen (secondary N) is 1.